The second-order valence-electron chi connectivity index (χ2n) is 7.04. The van der Waals surface area contributed by atoms with Crippen LogP contribution in [0.4, 0.5) is 9.52 Å². The number of aliphatic hydroxyl groups is 1. The summed E-state index contributed by atoms with van der Waals surface area (Å²) in [4.78, 5) is 12.4. The molecular weight excluding hydrogens is 393 g/mol. The van der Waals surface area contributed by atoms with Gasteiger partial charge in [0.25, 0.3) is 0 Å². The van der Waals surface area contributed by atoms with Gasteiger partial charge in [-0.25, -0.2) is 14.4 Å². The lowest BCUT2D eigenvalue weighted by Gasteiger charge is -2.18. The van der Waals surface area contributed by atoms with Crippen molar-refractivity contribution < 1.29 is 18.7 Å². The van der Waals surface area contributed by atoms with Gasteiger partial charge in [-0.1, -0.05) is 24.2 Å². The Labute approximate surface area is 172 Å². The van der Waals surface area contributed by atoms with Crippen LogP contribution in [0.3, 0.4) is 0 Å². The minimum atomic E-state index is -0.875. The van der Waals surface area contributed by atoms with E-state index in [9.17, 15) is 4.39 Å². The summed E-state index contributed by atoms with van der Waals surface area (Å²) in [6.45, 7) is 1.01. The van der Waals surface area contributed by atoms with E-state index in [1.165, 1.54) is 25.7 Å². The van der Waals surface area contributed by atoms with Gasteiger partial charge in [-0.05, 0) is 31.1 Å². The number of thiazole rings is 1. The number of hydrogen-bond donors (Lipinski definition) is 1. The number of alkyl halides is 1. The third-order valence-electron chi connectivity index (χ3n) is 4.83. The highest BCUT2D eigenvalue weighted by molar-refractivity contribution is 7.16. The molecule has 0 spiro atoms. The van der Waals surface area contributed by atoms with Crippen LogP contribution in [0.15, 0.2) is 28.8 Å². The van der Waals surface area contributed by atoms with Gasteiger partial charge in [0.1, 0.15) is 24.0 Å². The second kappa shape index (κ2) is 9.37. The summed E-state index contributed by atoms with van der Waals surface area (Å²) in [6.07, 6.45) is 9.82. The number of nitrogens with zero attached hydrogens (tertiary/aromatic N) is 3. The van der Waals surface area contributed by atoms with E-state index in [1.807, 2.05) is 18.3 Å². The Bertz CT molecular complexity index is 959. The number of fused-ring (bicyclic) bond motifs is 1. The standard InChI is InChI=1S/C21H24FN3O3S/c22-12-16(14-26)27-15-5-7-18-19(11-15)28-20(24-18)8-6-17-13-23-21(29-17)25-9-3-1-2-4-10-25/h5-8,11,13,16,26H,1-4,9-10,12,14H2. The first kappa shape index (κ1) is 19.8. The van der Waals surface area contributed by atoms with Crippen molar-refractivity contribution in [3.05, 3.63) is 35.2 Å². The average molecular weight is 418 g/mol. The third-order valence-corrected chi connectivity index (χ3v) is 5.86. The maximum Gasteiger partial charge on any atom is 0.220 e. The summed E-state index contributed by atoms with van der Waals surface area (Å²) >= 11 is 1.67. The molecule has 1 N–H and O–H groups in total. The Morgan fingerprint density at radius 3 is 2.83 bits per heavy atom. The van der Waals surface area contributed by atoms with Gasteiger partial charge in [-0.15, -0.1) is 0 Å². The lowest BCUT2D eigenvalue weighted by atomic mass is 10.2. The number of aromatic nitrogens is 2. The molecule has 1 aliphatic rings. The summed E-state index contributed by atoms with van der Waals surface area (Å²) in [6, 6.07) is 5.10. The fourth-order valence-corrected chi connectivity index (χ4v) is 4.16. The summed E-state index contributed by atoms with van der Waals surface area (Å²) < 4.78 is 23.9. The molecule has 1 aliphatic heterocycles. The first-order chi connectivity index (χ1) is 14.2. The van der Waals surface area contributed by atoms with Crippen molar-refractivity contribution in [3.63, 3.8) is 0 Å². The van der Waals surface area contributed by atoms with Crippen molar-refractivity contribution in [1.82, 2.24) is 9.97 Å². The number of oxazole rings is 1. The lowest BCUT2D eigenvalue weighted by Crippen LogP contribution is -2.23. The topological polar surface area (TPSA) is 71.6 Å². The second-order valence-corrected chi connectivity index (χ2v) is 8.08. The molecule has 1 fully saturated rings. The Balaban J connectivity index is 1.45. The average Bonchev–Trinajstić information content (AvgIpc) is 3.28. The molecule has 1 unspecified atom stereocenters. The molecule has 0 radical (unpaired) electrons. The van der Waals surface area contributed by atoms with Crippen LogP contribution in [-0.4, -0.2) is 47.5 Å². The van der Waals surface area contributed by atoms with Crippen LogP contribution in [0.25, 0.3) is 23.3 Å². The highest BCUT2D eigenvalue weighted by atomic mass is 32.1. The molecule has 8 heteroatoms. The molecule has 4 rings (SSSR count). The minimum Gasteiger partial charge on any atom is -0.485 e. The van der Waals surface area contributed by atoms with Crippen LogP contribution in [0.2, 0.25) is 0 Å². The third kappa shape index (κ3) is 4.94. The Morgan fingerprint density at radius 2 is 2.07 bits per heavy atom. The van der Waals surface area contributed by atoms with Crippen LogP contribution in [0.1, 0.15) is 36.5 Å². The van der Waals surface area contributed by atoms with Gasteiger partial charge >= 0.3 is 0 Å². The molecule has 1 saturated heterocycles. The fourth-order valence-electron chi connectivity index (χ4n) is 3.29. The number of rotatable bonds is 7. The zero-order chi connectivity index (χ0) is 20.1. The molecule has 0 amide bonds. The van der Waals surface area contributed by atoms with E-state index < -0.39 is 12.8 Å². The van der Waals surface area contributed by atoms with E-state index in [-0.39, 0.29) is 6.61 Å². The van der Waals surface area contributed by atoms with Gasteiger partial charge in [0.15, 0.2) is 10.7 Å². The molecule has 0 aliphatic carbocycles. The van der Waals surface area contributed by atoms with Crippen molar-refractivity contribution in [2.24, 2.45) is 0 Å². The highest BCUT2D eigenvalue weighted by Gasteiger charge is 2.13. The number of anilines is 1. The van der Waals surface area contributed by atoms with Crippen molar-refractivity contribution in [1.29, 1.82) is 0 Å². The largest absolute Gasteiger partial charge is 0.485 e. The van der Waals surface area contributed by atoms with E-state index >= 15 is 0 Å². The van der Waals surface area contributed by atoms with E-state index in [0.717, 1.165) is 23.1 Å². The summed E-state index contributed by atoms with van der Waals surface area (Å²) in [5, 5.41) is 10.1. The van der Waals surface area contributed by atoms with Gasteiger partial charge in [-0.2, -0.15) is 0 Å². The Morgan fingerprint density at radius 1 is 1.24 bits per heavy atom. The van der Waals surface area contributed by atoms with Crippen LogP contribution in [0, 0.1) is 0 Å². The number of aliphatic hydroxyl groups excluding tert-OH is 1. The SMILES string of the molecule is OCC(CF)Oc1ccc2nc(C=Cc3cnc(N4CCCCCC4)s3)oc2c1. The van der Waals surface area contributed by atoms with Crippen LogP contribution in [-0.2, 0) is 0 Å². The van der Waals surface area contributed by atoms with Crippen molar-refractivity contribution in [2.45, 2.75) is 31.8 Å². The molecule has 154 valence electrons. The number of ether oxygens (including phenoxy) is 1. The first-order valence-electron chi connectivity index (χ1n) is 9.88. The van der Waals surface area contributed by atoms with Crippen LogP contribution >= 0.6 is 11.3 Å². The minimum absolute atomic E-state index is 0.382. The smallest absolute Gasteiger partial charge is 0.220 e. The normalized spacial score (nSPS) is 16.4. The van der Waals surface area contributed by atoms with Gasteiger partial charge in [-0.3, -0.25) is 0 Å². The van der Waals surface area contributed by atoms with E-state index in [4.69, 9.17) is 14.3 Å². The molecule has 1 atom stereocenters. The predicted octanol–water partition coefficient (Wildman–Crippen LogP) is 4.54. The van der Waals surface area contributed by atoms with Crippen LogP contribution in [0.5, 0.6) is 5.75 Å². The monoisotopic (exact) mass is 417 g/mol. The van der Waals surface area contributed by atoms with E-state index in [0.29, 0.717) is 22.7 Å². The molecular formula is C21H24FN3O3S. The van der Waals surface area contributed by atoms with Gasteiger partial charge in [0.05, 0.1) is 6.61 Å². The maximum atomic E-state index is 12.7. The van der Waals surface area contributed by atoms with Crippen molar-refractivity contribution in [2.75, 3.05) is 31.3 Å². The summed E-state index contributed by atoms with van der Waals surface area (Å²) in [5.74, 6) is 0.913. The van der Waals surface area contributed by atoms with Gasteiger partial charge in [0.2, 0.25) is 5.89 Å². The molecule has 2 aromatic heterocycles. The van der Waals surface area contributed by atoms with Crippen molar-refractivity contribution >= 4 is 39.7 Å². The summed E-state index contributed by atoms with van der Waals surface area (Å²) in [5.41, 5.74) is 1.24. The molecule has 0 saturated carbocycles. The molecule has 1 aromatic carbocycles. The van der Waals surface area contributed by atoms with E-state index in [1.54, 1.807) is 29.5 Å². The van der Waals surface area contributed by atoms with Crippen molar-refractivity contribution in [3.8, 4) is 5.75 Å². The highest BCUT2D eigenvalue weighted by Crippen LogP contribution is 2.27. The lowest BCUT2D eigenvalue weighted by molar-refractivity contribution is 0.0932. The quantitative estimate of drug-likeness (QED) is 0.608. The molecule has 6 nitrogen and oxygen atoms in total. The molecule has 3 heterocycles. The maximum absolute atomic E-state index is 12.7. The molecule has 0 bridgehead atoms. The summed E-state index contributed by atoms with van der Waals surface area (Å²) in [7, 11) is 0. The van der Waals surface area contributed by atoms with Crippen LogP contribution < -0.4 is 9.64 Å². The molecule has 3 aromatic rings. The number of halogens is 1. The van der Waals surface area contributed by atoms with Gasteiger partial charge < -0.3 is 19.2 Å². The zero-order valence-electron chi connectivity index (χ0n) is 16.1. The zero-order valence-corrected chi connectivity index (χ0v) is 16.9. The number of benzene rings is 1. The number of hydrogen-bond acceptors (Lipinski definition) is 7. The van der Waals surface area contributed by atoms with Gasteiger partial charge in [0, 0.05) is 36.3 Å². The Kier molecular flexibility index (Phi) is 6.41. The fraction of sp³-hybridized carbons (Fsp3) is 0.429. The Hall–Kier alpha value is -2.45. The predicted molar refractivity (Wildman–Crippen MR) is 113 cm³/mol. The first-order valence-corrected chi connectivity index (χ1v) is 10.7. The molecule has 29 heavy (non-hydrogen) atoms. The van der Waals surface area contributed by atoms with E-state index in [2.05, 4.69) is 14.9 Å².